The van der Waals surface area contributed by atoms with Crippen molar-refractivity contribution in [3.05, 3.63) is 0 Å². The zero-order chi connectivity index (χ0) is 38.9. The van der Waals surface area contributed by atoms with Crippen LogP contribution in [0.4, 0.5) is 79.0 Å². The molecule has 0 amide bonds. The smallest absolute Gasteiger partial charge is 0.344 e. The highest BCUT2D eigenvalue weighted by atomic mass is 32.2. The van der Waals surface area contributed by atoms with E-state index in [0.29, 0.717) is 0 Å². The Morgan fingerprint density at radius 3 is 0.700 bits per heavy atom. The predicted octanol–water partition coefficient (Wildman–Crippen LogP) is 10.4. The fraction of sp³-hybridized carbons (Fsp3) is 1.00. The van der Waals surface area contributed by atoms with Gasteiger partial charge in [0.05, 0.1) is 0 Å². The second kappa shape index (κ2) is 19.5. The topological polar surface area (TPSA) is 179 Å². The first-order valence-electron chi connectivity index (χ1n) is 13.3. The van der Waals surface area contributed by atoms with E-state index in [1.807, 2.05) is 0 Å². The van der Waals surface area contributed by atoms with Crippen molar-refractivity contribution in [2.24, 2.45) is 0 Å². The van der Waals surface area contributed by atoms with Gasteiger partial charge in [0.15, 0.2) is 0 Å². The molecule has 50 heavy (non-hydrogen) atoms. The van der Waals surface area contributed by atoms with Crippen molar-refractivity contribution in [3.63, 3.8) is 0 Å². The summed E-state index contributed by atoms with van der Waals surface area (Å²) in [5.41, 5.74) is 0. The number of halogens is 18. The third kappa shape index (κ3) is 16.4. The van der Waals surface area contributed by atoms with E-state index < -0.39 is 105 Å². The van der Waals surface area contributed by atoms with Crippen molar-refractivity contribution in [1.82, 2.24) is 12.3 Å². The molecule has 0 aliphatic rings. The van der Waals surface area contributed by atoms with Crippen LogP contribution in [0.3, 0.4) is 0 Å². The molecule has 8 nitrogen and oxygen atoms in total. The molecule has 0 aromatic carbocycles. The number of unbranched alkanes of at least 4 members (excludes halogenated alkanes) is 8. The fourth-order valence-corrected chi connectivity index (χ4v) is 4.42. The summed E-state index contributed by atoms with van der Waals surface area (Å²) in [5.74, 6) is -23.6. The van der Waals surface area contributed by atoms with Crippen LogP contribution in [0.2, 0.25) is 0 Å². The van der Waals surface area contributed by atoms with Crippen LogP contribution in [0.25, 0.3) is 0 Å². The van der Waals surface area contributed by atoms with Crippen molar-refractivity contribution in [3.8, 4) is 0 Å². The summed E-state index contributed by atoms with van der Waals surface area (Å²) in [6.07, 6.45) is -17.2. The lowest BCUT2D eigenvalue weighted by atomic mass is 10.0. The third-order valence-corrected chi connectivity index (χ3v) is 8.01. The van der Waals surface area contributed by atoms with Crippen LogP contribution in [0.15, 0.2) is 0 Å². The normalized spacial score (nSPS) is 14.3. The van der Waals surface area contributed by atoms with E-state index in [-0.39, 0.29) is 63.7 Å². The van der Waals surface area contributed by atoms with Crippen molar-refractivity contribution in [2.45, 2.75) is 136 Å². The monoisotopic (exact) mass is 830 g/mol. The summed E-state index contributed by atoms with van der Waals surface area (Å²) >= 11 is 0. The van der Waals surface area contributed by atoms with Crippen molar-refractivity contribution < 1.29 is 105 Å². The minimum Gasteiger partial charge on any atom is -0.344 e. The van der Waals surface area contributed by atoms with E-state index in [1.54, 1.807) is 0 Å². The second-order valence-electron chi connectivity index (χ2n) is 10.3. The highest BCUT2D eigenvalue weighted by Crippen LogP contribution is 2.51. The average molecular weight is 831 g/mol. The summed E-state index contributed by atoms with van der Waals surface area (Å²) in [6, 6.07) is 0. The Bertz CT molecular complexity index is 1100. The Hall–Kier alpha value is -1.52. The maximum atomic E-state index is 13.2. The molecule has 0 radical (unpaired) electrons. The van der Waals surface area contributed by atoms with Crippen molar-refractivity contribution >= 4 is 20.2 Å². The van der Waals surface area contributed by atoms with Gasteiger partial charge in [0.1, 0.15) is 0 Å². The van der Waals surface area contributed by atoms with Gasteiger partial charge in [-0.05, 0) is 25.7 Å². The lowest BCUT2D eigenvalue weighted by Gasteiger charge is -2.30. The van der Waals surface area contributed by atoms with E-state index in [4.69, 9.17) is 9.11 Å². The highest BCUT2D eigenvalue weighted by Gasteiger charge is 2.77. The summed E-state index contributed by atoms with van der Waals surface area (Å²) in [4.78, 5) is 0. The van der Waals surface area contributed by atoms with Gasteiger partial charge in [-0.1, -0.05) is 38.5 Å². The molecule has 0 atom stereocenters. The van der Waals surface area contributed by atoms with Crippen LogP contribution >= 0.6 is 0 Å². The van der Waals surface area contributed by atoms with E-state index in [2.05, 4.69) is 0 Å². The predicted molar refractivity (Wildman–Crippen MR) is 140 cm³/mol. The lowest BCUT2D eigenvalue weighted by molar-refractivity contribution is -0.283. The summed E-state index contributed by atoms with van der Waals surface area (Å²) < 4.78 is 284. The average Bonchev–Trinajstić information content (AvgIpc) is 2.84. The molecule has 28 heteroatoms. The first-order chi connectivity index (χ1) is 20.9. The Morgan fingerprint density at radius 2 is 0.520 bits per heavy atom. The van der Waals surface area contributed by atoms with Gasteiger partial charge in [-0.15, -0.1) is 0 Å². The zero-order valence-corrected chi connectivity index (χ0v) is 27.1. The van der Waals surface area contributed by atoms with Crippen LogP contribution in [0.1, 0.15) is 89.9 Å². The second-order valence-corrected chi connectivity index (χ2v) is 13.2. The molecule has 0 saturated heterocycles. The maximum Gasteiger partial charge on any atom is 0.437 e. The molecular formula is C22H36F18N2O6S2. The molecule has 0 heterocycles. The first-order valence-corrected chi connectivity index (χ1v) is 16.1. The van der Waals surface area contributed by atoms with Gasteiger partial charge in [0.2, 0.25) is 0 Å². The van der Waals surface area contributed by atoms with Crippen molar-refractivity contribution in [1.29, 1.82) is 0 Å². The molecule has 0 unspecified atom stereocenters. The minimum absolute atomic E-state index is 0. The summed E-state index contributed by atoms with van der Waals surface area (Å²) in [6.45, 7) is 0. The maximum absolute atomic E-state index is 13.2. The third-order valence-electron chi connectivity index (χ3n) is 6.20. The molecule has 0 rings (SSSR count). The fourth-order valence-electron chi connectivity index (χ4n) is 3.47. The number of hydrogen-bond acceptors (Lipinski definition) is 6. The van der Waals surface area contributed by atoms with Crippen LogP contribution in [0.5, 0.6) is 0 Å². The molecular weight excluding hydrogens is 794 g/mol. The van der Waals surface area contributed by atoms with E-state index in [0.717, 1.165) is 0 Å². The SMILES string of the molecule is N.N.O=S(=O)(O)C(F)(F)C(F)(F)C(F)(F)CCCCCCCC(F)(F)F.O=S(=O)(O)C(F)(F)C(F)(F)C(F)(F)CCCCCCCC(F)(F)F. The molecule has 8 N–H and O–H groups in total. The molecule has 0 spiro atoms. The van der Waals surface area contributed by atoms with Crippen LogP contribution < -0.4 is 12.3 Å². The Balaban J connectivity index is -0.000000407. The first kappa shape index (κ1) is 55.2. The van der Waals surface area contributed by atoms with Crippen LogP contribution in [0, 0.1) is 0 Å². The van der Waals surface area contributed by atoms with Crippen LogP contribution in [-0.4, -0.2) is 72.5 Å². The van der Waals surface area contributed by atoms with E-state index in [9.17, 15) is 95.9 Å². The minimum atomic E-state index is -6.77. The molecule has 0 saturated carbocycles. The zero-order valence-electron chi connectivity index (χ0n) is 25.5. The van der Waals surface area contributed by atoms with Gasteiger partial charge in [0.25, 0.3) is 0 Å². The molecule has 0 aromatic heterocycles. The number of rotatable bonds is 20. The van der Waals surface area contributed by atoms with Crippen LogP contribution in [-0.2, 0) is 20.2 Å². The number of alkyl halides is 18. The van der Waals surface area contributed by atoms with Gasteiger partial charge in [-0.25, -0.2) is 0 Å². The molecule has 0 aromatic rings. The van der Waals surface area contributed by atoms with E-state index >= 15 is 0 Å². The summed E-state index contributed by atoms with van der Waals surface area (Å²) in [7, 11) is -13.5. The van der Waals surface area contributed by atoms with Gasteiger partial charge in [-0.3, -0.25) is 9.11 Å². The Labute approximate surface area is 274 Å². The standard InChI is InChI=1S/2C11H15F9O3S.2H3N/c2*12-8(13,10(17,18)11(19,20)24(21,22)23)6-4-2-1-3-5-7-9(14,15)16;;/h2*1-7H2,(H,21,22,23);2*1H3. The van der Waals surface area contributed by atoms with E-state index in [1.165, 1.54) is 0 Å². The van der Waals surface area contributed by atoms with Gasteiger partial charge < -0.3 is 12.3 Å². The molecule has 0 fully saturated rings. The number of hydrogen-bond donors (Lipinski definition) is 4. The van der Waals surface area contributed by atoms with Gasteiger partial charge in [0, 0.05) is 25.7 Å². The Morgan fingerprint density at radius 1 is 0.340 bits per heavy atom. The Kier molecular flexibility index (Phi) is 21.6. The molecule has 308 valence electrons. The van der Waals surface area contributed by atoms with Gasteiger partial charge in [-0.2, -0.15) is 95.9 Å². The van der Waals surface area contributed by atoms with Gasteiger partial charge >= 0.3 is 66.8 Å². The largest absolute Gasteiger partial charge is 0.437 e. The lowest BCUT2D eigenvalue weighted by Crippen LogP contribution is -2.57. The molecule has 0 bridgehead atoms. The molecule has 0 aliphatic carbocycles. The summed E-state index contributed by atoms with van der Waals surface area (Å²) in [5, 5.41) is -12.8. The highest BCUT2D eigenvalue weighted by molar-refractivity contribution is 7.87. The van der Waals surface area contributed by atoms with Crippen molar-refractivity contribution in [2.75, 3.05) is 0 Å². The molecule has 0 aliphatic heterocycles. The quantitative estimate of drug-likeness (QED) is 0.0532.